The van der Waals surface area contributed by atoms with Crippen molar-refractivity contribution in [2.75, 3.05) is 25.0 Å². The van der Waals surface area contributed by atoms with Gasteiger partial charge in [0.1, 0.15) is 16.5 Å². The number of halogens is 4. The lowest BCUT2D eigenvalue weighted by Crippen LogP contribution is -2.41. The summed E-state index contributed by atoms with van der Waals surface area (Å²) in [5.41, 5.74) is -1.30. The predicted octanol–water partition coefficient (Wildman–Crippen LogP) is 3.73. The Morgan fingerprint density at radius 2 is 2.00 bits per heavy atom. The third-order valence-corrected chi connectivity index (χ3v) is 5.88. The highest BCUT2D eigenvalue weighted by molar-refractivity contribution is 7.14. The highest BCUT2D eigenvalue weighted by Crippen LogP contribution is 2.28. The molecule has 1 saturated heterocycles. The fraction of sp³-hybridized carbons (Fsp3) is 0.381. The molecule has 1 aliphatic heterocycles. The number of carbonyl (C=O) groups excluding carboxylic acids is 1. The first-order valence-corrected chi connectivity index (χ1v) is 10.6. The Balaban J connectivity index is 1.56. The number of benzene rings is 1. The molecule has 0 N–H and O–H groups in total. The number of nitrogens with zero attached hydrogens (tertiary/aromatic N) is 6. The number of piperidine rings is 1. The van der Waals surface area contributed by atoms with E-state index in [0.29, 0.717) is 11.1 Å². The molecule has 0 aliphatic carbocycles. The number of rotatable bonds is 5. The molecule has 0 spiro atoms. The van der Waals surface area contributed by atoms with Crippen molar-refractivity contribution in [2.45, 2.75) is 26.3 Å². The van der Waals surface area contributed by atoms with Gasteiger partial charge in [0.15, 0.2) is 22.5 Å². The van der Waals surface area contributed by atoms with E-state index in [4.69, 9.17) is 6.85 Å². The number of hydrogen-bond acceptors (Lipinski definition) is 7. The minimum atomic E-state index is -3.40. The Bertz CT molecular complexity index is 1370. The van der Waals surface area contributed by atoms with Gasteiger partial charge in [0.2, 0.25) is 11.9 Å². The quantitative estimate of drug-likeness (QED) is 0.405. The van der Waals surface area contributed by atoms with E-state index in [-0.39, 0.29) is 53.5 Å². The number of anilines is 1. The average molecular weight is 486 g/mol. The molecular weight excluding hydrogens is 460 g/mol. The molecule has 12 heteroatoms. The van der Waals surface area contributed by atoms with E-state index in [1.807, 2.05) is 0 Å². The molecule has 3 aromatic rings. The maximum atomic E-state index is 14.4. The predicted molar refractivity (Wildman–Crippen MR) is 113 cm³/mol. The summed E-state index contributed by atoms with van der Waals surface area (Å²) in [6, 6.07) is 0.497. The van der Waals surface area contributed by atoms with Gasteiger partial charge in [-0.25, -0.2) is 27.5 Å². The van der Waals surface area contributed by atoms with Crippen molar-refractivity contribution in [2.24, 2.45) is 5.92 Å². The van der Waals surface area contributed by atoms with Crippen molar-refractivity contribution in [1.29, 1.82) is 0 Å². The van der Waals surface area contributed by atoms with Gasteiger partial charge in [-0.1, -0.05) is 11.3 Å². The Kier molecular flexibility index (Phi) is 4.93. The van der Waals surface area contributed by atoms with Gasteiger partial charge in [-0.2, -0.15) is 0 Å². The number of carbonyl (C=O) groups is 1. The van der Waals surface area contributed by atoms with Gasteiger partial charge in [-0.05, 0) is 25.8 Å². The van der Waals surface area contributed by atoms with Crippen LogP contribution in [0.2, 0.25) is 0 Å². The van der Waals surface area contributed by atoms with E-state index in [1.54, 1.807) is 11.8 Å². The Morgan fingerprint density at radius 1 is 1.24 bits per heavy atom. The minimum absolute atomic E-state index is 0.0233. The fourth-order valence-electron chi connectivity index (χ4n) is 3.37. The number of aryl methyl sites for hydroxylation is 1. The molecule has 174 valence electrons. The molecule has 1 amide bonds. The van der Waals surface area contributed by atoms with Gasteiger partial charge < -0.3 is 9.80 Å². The molecule has 1 aromatic carbocycles. The zero-order chi connectivity index (χ0) is 28.0. The summed E-state index contributed by atoms with van der Waals surface area (Å²) in [4.78, 5) is 23.0. The molecule has 4 rings (SSSR count). The second kappa shape index (κ2) is 9.38. The molecule has 2 aromatic heterocycles. The van der Waals surface area contributed by atoms with E-state index in [2.05, 4.69) is 20.2 Å². The van der Waals surface area contributed by atoms with E-state index < -0.39 is 54.1 Å². The summed E-state index contributed by atoms with van der Waals surface area (Å²) >= 11 is 1.14. The maximum Gasteiger partial charge on any atom is 0.226 e. The first-order chi connectivity index (χ1) is 17.7. The van der Waals surface area contributed by atoms with E-state index in [0.717, 1.165) is 17.5 Å². The number of hydrogen-bond donors (Lipinski definition) is 0. The maximum absolute atomic E-state index is 14.4. The standard InChI is InChI=1S/C21H20F4N6OS/c1-11-28-29-19(33-11)18-16(24)9-26-21(27-18)31-5-3-12(4-6-31)20(32)30(2)10-13-7-14(22)8-15(23)17(13)25/h7-9,12H,3-6,10H2,1-2H3/i2D3,10D2. The molecule has 7 nitrogen and oxygen atoms in total. The van der Waals surface area contributed by atoms with Gasteiger partial charge in [-0.3, -0.25) is 4.79 Å². The van der Waals surface area contributed by atoms with Crippen LogP contribution < -0.4 is 4.90 Å². The van der Waals surface area contributed by atoms with Crippen molar-refractivity contribution < 1.29 is 29.2 Å². The van der Waals surface area contributed by atoms with E-state index >= 15 is 0 Å². The summed E-state index contributed by atoms with van der Waals surface area (Å²) in [7, 11) is 0. The van der Waals surface area contributed by atoms with Gasteiger partial charge in [0, 0.05) is 48.2 Å². The molecule has 33 heavy (non-hydrogen) atoms. The van der Waals surface area contributed by atoms with Crippen LogP contribution in [-0.4, -0.2) is 51.0 Å². The molecule has 0 atom stereocenters. The van der Waals surface area contributed by atoms with Crippen molar-refractivity contribution in [3.05, 3.63) is 52.2 Å². The van der Waals surface area contributed by atoms with Crippen LogP contribution in [0.1, 0.15) is 30.3 Å². The fourth-order valence-corrected chi connectivity index (χ4v) is 4.06. The summed E-state index contributed by atoms with van der Waals surface area (Å²) in [6.07, 6.45) is 1.02. The normalized spacial score (nSPS) is 17.6. The van der Waals surface area contributed by atoms with Crippen LogP contribution in [0.25, 0.3) is 10.7 Å². The highest BCUT2D eigenvalue weighted by atomic mass is 32.1. The van der Waals surface area contributed by atoms with E-state index in [1.165, 1.54) is 0 Å². The highest BCUT2D eigenvalue weighted by Gasteiger charge is 2.29. The molecule has 0 saturated carbocycles. The summed E-state index contributed by atoms with van der Waals surface area (Å²) in [5.74, 6) is -7.62. The topological polar surface area (TPSA) is 75.1 Å². The lowest BCUT2D eigenvalue weighted by atomic mass is 9.95. The Hall–Kier alpha value is -3.15. The number of amides is 1. The SMILES string of the molecule is [2H]C([2H])([2H])N(C(=O)C1CCN(c2ncc(F)c(-c3nnc(C)s3)n2)CC1)C([2H])([2H])c1cc(F)cc(F)c1F. The molecule has 0 bridgehead atoms. The zero-order valence-corrected chi connectivity index (χ0v) is 18.0. The molecule has 3 heterocycles. The van der Waals surface area contributed by atoms with Crippen LogP contribution in [0.3, 0.4) is 0 Å². The van der Waals surface area contributed by atoms with Crippen LogP contribution in [0.5, 0.6) is 0 Å². The van der Waals surface area contributed by atoms with Crippen LogP contribution in [0, 0.1) is 36.1 Å². The van der Waals surface area contributed by atoms with Crippen molar-refractivity contribution in [1.82, 2.24) is 25.1 Å². The molecule has 0 unspecified atom stereocenters. The first kappa shape index (κ1) is 17.3. The third-order valence-electron chi connectivity index (χ3n) is 5.03. The van der Waals surface area contributed by atoms with Gasteiger partial charge in [0.25, 0.3) is 0 Å². The van der Waals surface area contributed by atoms with Crippen LogP contribution in [0.15, 0.2) is 18.3 Å². The molecule has 1 aliphatic rings. The zero-order valence-electron chi connectivity index (χ0n) is 22.1. The largest absolute Gasteiger partial charge is 0.341 e. The summed E-state index contributed by atoms with van der Waals surface area (Å²) in [6.45, 7) is -4.86. The van der Waals surface area contributed by atoms with Gasteiger partial charge in [0.05, 0.1) is 8.94 Å². The van der Waals surface area contributed by atoms with Crippen LogP contribution in [-0.2, 0) is 11.3 Å². The number of aromatic nitrogens is 4. The lowest BCUT2D eigenvalue weighted by molar-refractivity contribution is -0.135. The lowest BCUT2D eigenvalue weighted by Gasteiger charge is -2.33. The second-order valence-electron chi connectivity index (χ2n) is 7.29. The Morgan fingerprint density at radius 3 is 2.67 bits per heavy atom. The smallest absolute Gasteiger partial charge is 0.226 e. The van der Waals surface area contributed by atoms with Crippen molar-refractivity contribution in [3.63, 3.8) is 0 Å². The minimum Gasteiger partial charge on any atom is -0.341 e. The molecule has 1 fully saturated rings. The second-order valence-corrected chi connectivity index (χ2v) is 8.47. The monoisotopic (exact) mass is 485 g/mol. The summed E-state index contributed by atoms with van der Waals surface area (Å²) in [5, 5.41) is 8.59. The molecular formula is C21H20F4N6OS. The van der Waals surface area contributed by atoms with Gasteiger partial charge in [-0.15, -0.1) is 10.2 Å². The van der Waals surface area contributed by atoms with Crippen molar-refractivity contribution >= 4 is 23.2 Å². The van der Waals surface area contributed by atoms with Crippen molar-refractivity contribution in [3.8, 4) is 10.7 Å². The van der Waals surface area contributed by atoms with Crippen LogP contribution >= 0.6 is 11.3 Å². The summed E-state index contributed by atoms with van der Waals surface area (Å²) < 4.78 is 95.9. The molecule has 0 radical (unpaired) electrons. The van der Waals surface area contributed by atoms with Gasteiger partial charge >= 0.3 is 0 Å². The first-order valence-electron chi connectivity index (χ1n) is 12.3. The van der Waals surface area contributed by atoms with Crippen LogP contribution in [0.4, 0.5) is 23.5 Å². The third kappa shape index (κ3) is 4.95. The van der Waals surface area contributed by atoms with E-state index in [9.17, 15) is 22.4 Å². The Labute approximate surface area is 198 Å². The average Bonchev–Trinajstić information content (AvgIpc) is 3.26.